The Kier molecular flexibility index (Phi) is 9.90. The first-order valence-corrected chi connectivity index (χ1v) is 14.4. The number of fused-ring (bicyclic) bond motifs is 2. The maximum atomic E-state index is 13.2. The number of carbonyl (C=O) groups excluding carboxylic acids is 3. The zero-order valence-electron chi connectivity index (χ0n) is 24.2. The molecule has 8 nitrogen and oxygen atoms in total. The molecule has 2 heterocycles. The number of amides is 2. The molecule has 0 unspecified atom stereocenters. The van der Waals surface area contributed by atoms with Crippen molar-refractivity contribution in [2.24, 2.45) is 5.92 Å². The normalized spacial score (nSPS) is 15.4. The maximum absolute atomic E-state index is 13.2. The SMILES string of the molecule is CCCOc1ccc2c(c1)n(CC1CCCCC1)c(CN1C(=O)c3ccccc3C1=O)[n+]2CC.COC(=O)C(F)(F)F. The average molecular weight is 589 g/mol. The van der Waals surface area contributed by atoms with Crippen LogP contribution in [0.5, 0.6) is 5.75 Å². The Bertz CT molecular complexity index is 1410. The zero-order valence-corrected chi connectivity index (χ0v) is 24.2. The van der Waals surface area contributed by atoms with Crippen LogP contribution < -0.4 is 9.30 Å². The number of imide groups is 1. The maximum Gasteiger partial charge on any atom is 0.490 e. The molecule has 1 aliphatic carbocycles. The van der Waals surface area contributed by atoms with Crippen molar-refractivity contribution < 1.29 is 41.6 Å². The molecule has 226 valence electrons. The lowest BCUT2D eigenvalue weighted by Crippen LogP contribution is -2.42. The van der Waals surface area contributed by atoms with Gasteiger partial charge in [-0.1, -0.05) is 38.3 Å². The summed E-state index contributed by atoms with van der Waals surface area (Å²) in [6, 6.07) is 13.4. The van der Waals surface area contributed by atoms with Gasteiger partial charge >= 0.3 is 12.1 Å². The van der Waals surface area contributed by atoms with Crippen LogP contribution >= 0.6 is 0 Å². The Morgan fingerprint density at radius 3 is 2.17 bits per heavy atom. The van der Waals surface area contributed by atoms with Gasteiger partial charge in [-0.05, 0) is 56.4 Å². The Hall–Kier alpha value is -3.89. The second kappa shape index (κ2) is 13.4. The third kappa shape index (κ3) is 6.60. The number of ether oxygens (including phenoxy) is 2. The summed E-state index contributed by atoms with van der Waals surface area (Å²) in [6.07, 6.45) is 2.42. The van der Waals surface area contributed by atoms with Crippen molar-refractivity contribution in [1.82, 2.24) is 9.47 Å². The third-order valence-electron chi connectivity index (χ3n) is 7.70. The van der Waals surface area contributed by atoms with Gasteiger partial charge < -0.3 is 9.47 Å². The summed E-state index contributed by atoms with van der Waals surface area (Å²) >= 11 is 0. The zero-order chi connectivity index (χ0) is 30.4. The molecule has 0 atom stereocenters. The summed E-state index contributed by atoms with van der Waals surface area (Å²) in [7, 11) is 0.676. The molecule has 11 heteroatoms. The Morgan fingerprint density at radius 1 is 1.00 bits per heavy atom. The van der Waals surface area contributed by atoms with E-state index in [1.165, 1.54) is 37.0 Å². The number of hydrogen-bond acceptors (Lipinski definition) is 5. The number of benzene rings is 2. The predicted molar refractivity (Wildman–Crippen MR) is 149 cm³/mol. The second-order valence-electron chi connectivity index (χ2n) is 10.5. The smallest absolute Gasteiger partial charge is 0.490 e. The van der Waals surface area contributed by atoms with Crippen LogP contribution in [-0.2, 0) is 29.2 Å². The first-order valence-electron chi connectivity index (χ1n) is 14.4. The highest BCUT2D eigenvalue weighted by Crippen LogP contribution is 2.30. The van der Waals surface area contributed by atoms with Crippen LogP contribution in [0, 0.1) is 5.92 Å². The number of alkyl halides is 3. The van der Waals surface area contributed by atoms with Crippen LogP contribution in [-0.4, -0.2) is 47.1 Å². The molecular weight excluding hydrogens is 551 g/mol. The number of carbonyl (C=O) groups is 3. The fourth-order valence-corrected chi connectivity index (χ4v) is 5.68. The van der Waals surface area contributed by atoms with E-state index in [1.54, 1.807) is 12.1 Å². The van der Waals surface area contributed by atoms with Gasteiger partial charge in [-0.3, -0.25) is 14.5 Å². The average Bonchev–Trinajstić information content (AvgIpc) is 3.41. The van der Waals surface area contributed by atoms with E-state index in [0.29, 0.717) is 30.8 Å². The summed E-state index contributed by atoms with van der Waals surface area (Å²) in [4.78, 5) is 37.2. The molecule has 0 bridgehead atoms. The van der Waals surface area contributed by atoms with Crippen molar-refractivity contribution in [2.75, 3.05) is 13.7 Å². The fourth-order valence-electron chi connectivity index (χ4n) is 5.68. The third-order valence-corrected chi connectivity index (χ3v) is 7.70. The monoisotopic (exact) mass is 588 g/mol. The number of methoxy groups -OCH3 is 1. The van der Waals surface area contributed by atoms with Crippen LogP contribution in [0.3, 0.4) is 0 Å². The van der Waals surface area contributed by atoms with Gasteiger partial charge in [0.25, 0.3) is 17.6 Å². The van der Waals surface area contributed by atoms with E-state index in [0.717, 1.165) is 42.1 Å². The molecule has 1 aromatic heterocycles. The van der Waals surface area contributed by atoms with Gasteiger partial charge in [0.2, 0.25) is 0 Å². The molecule has 3 aromatic rings. The standard InChI is InChI=1S/C28H34N3O3.C3H3F3O2/c1-3-16-34-21-14-15-24-25(17-21)30(18-20-10-6-5-7-11-20)26(29(24)4-2)19-31-27(32)22-12-8-9-13-23(22)28(31)33;1-8-2(7)3(4,5)6/h8-9,12-15,17,20H,3-7,10-11,16,18-19H2,1-2H3;1H3/q+1;. The highest BCUT2D eigenvalue weighted by Gasteiger charge is 2.40. The molecule has 2 amide bonds. The minimum Gasteiger partial charge on any atom is -0.493 e. The summed E-state index contributed by atoms with van der Waals surface area (Å²) in [5.74, 6) is -0.0970. The van der Waals surface area contributed by atoms with E-state index in [9.17, 15) is 27.6 Å². The van der Waals surface area contributed by atoms with Crippen molar-refractivity contribution in [3.63, 3.8) is 0 Å². The molecule has 0 radical (unpaired) electrons. The highest BCUT2D eigenvalue weighted by atomic mass is 19.4. The summed E-state index contributed by atoms with van der Waals surface area (Å²) < 4.78 is 46.8. The Morgan fingerprint density at radius 2 is 1.64 bits per heavy atom. The van der Waals surface area contributed by atoms with E-state index >= 15 is 0 Å². The molecule has 0 spiro atoms. The van der Waals surface area contributed by atoms with E-state index in [-0.39, 0.29) is 18.4 Å². The largest absolute Gasteiger partial charge is 0.493 e. The Balaban J connectivity index is 0.000000446. The van der Waals surface area contributed by atoms with Crippen molar-refractivity contribution in [1.29, 1.82) is 0 Å². The lowest BCUT2D eigenvalue weighted by molar-refractivity contribution is -0.677. The molecule has 42 heavy (non-hydrogen) atoms. The quantitative estimate of drug-likeness (QED) is 0.188. The summed E-state index contributed by atoms with van der Waals surface area (Å²) in [5.41, 5.74) is 3.24. The first-order chi connectivity index (χ1) is 20.1. The second-order valence-corrected chi connectivity index (χ2v) is 10.5. The lowest BCUT2D eigenvalue weighted by atomic mass is 9.89. The molecule has 1 aliphatic heterocycles. The first kappa shape index (κ1) is 31.1. The van der Waals surface area contributed by atoms with E-state index in [2.05, 4.69) is 39.9 Å². The number of nitrogens with zero attached hydrogens (tertiary/aromatic N) is 3. The highest BCUT2D eigenvalue weighted by molar-refractivity contribution is 6.21. The van der Waals surface area contributed by atoms with Crippen LogP contribution in [0.15, 0.2) is 42.5 Å². The van der Waals surface area contributed by atoms with Gasteiger partial charge in [0.05, 0.1) is 37.9 Å². The molecule has 5 rings (SSSR count). The van der Waals surface area contributed by atoms with Gasteiger partial charge in [0, 0.05) is 6.07 Å². The van der Waals surface area contributed by atoms with Crippen molar-refractivity contribution in [3.8, 4) is 5.75 Å². The molecule has 1 saturated carbocycles. The number of esters is 1. The lowest BCUT2D eigenvalue weighted by Gasteiger charge is -2.21. The summed E-state index contributed by atoms with van der Waals surface area (Å²) in [5, 5.41) is 0. The minimum atomic E-state index is -4.85. The number of halogens is 3. The van der Waals surface area contributed by atoms with E-state index in [1.807, 2.05) is 18.2 Å². The number of aryl methyl sites for hydroxylation is 1. The molecule has 2 aliphatic rings. The minimum absolute atomic E-state index is 0.204. The molecular formula is C31H37F3N3O5+. The Labute approximate surface area is 243 Å². The van der Waals surface area contributed by atoms with Gasteiger partial charge in [-0.15, -0.1) is 0 Å². The predicted octanol–water partition coefficient (Wildman–Crippen LogP) is 5.84. The molecule has 0 N–H and O–H groups in total. The van der Waals surface area contributed by atoms with Crippen molar-refractivity contribution >= 4 is 28.8 Å². The van der Waals surface area contributed by atoms with Crippen LogP contribution in [0.2, 0.25) is 0 Å². The van der Waals surface area contributed by atoms with Gasteiger partial charge in [0.1, 0.15) is 12.3 Å². The topological polar surface area (TPSA) is 81.7 Å². The fraction of sp³-hybridized carbons (Fsp3) is 0.484. The van der Waals surface area contributed by atoms with Gasteiger partial charge in [0.15, 0.2) is 11.0 Å². The summed E-state index contributed by atoms with van der Waals surface area (Å²) in [6.45, 7) is 6.85. The van der Waals surface area contributed by atoms with Crippen LogP contribution in [0.4, 0.5) is 13.2 Å². The van der Waals surface area contributed by atoms with Crippen molar-refractivity contribution in [2.45, 2.75) is 78.2 Å². The van der Waals surface area contributed by atoms with Gasteiger partial charge in [-0.25, -0.2) is 13.9 Å². The number of hydrogen-bond donors (Lipinski definition) is 0. The molecule has 2 aromatic carbocycles. The number of imidazole rings is 1. The molecule has 0 saturated heterocycles. The van der Waals surface area contributed by atoms with Crippen LogP contribution in [0.1, 0.15) is 78.9 Å². The van der Waals surface area contributed by atoms with E-state index < -0.39 is 12.1 Å². The van der Waals surface area contributed by atoms with Crippen molar-refractivity contribution in [3.05, 3.63) is 59.4 Å². The number of aromatic nitrogens is 2. The van der Waals surface area contributed by atoms with E-state index in [4.69, 9.17) is 4.74 Å². The number of rotatable bonds is 8. The van der Waals surface area contributed by atoms with Gasteiger partial charge in [-0.2, -0.15) is 13.2 Å². The molecule has 1 fully saturated rings. The van der Waals surface area contributed by atoms with Crippen LogP contribution in [0.25, 0.3) is 11.0 Å².